The second kappa shape index (κ2) is 39.6. The van der Waals surface area contributed by atoms with Crippen molar-refractivity contribution in [2.24, 2.45) is 163 Å². The van der Waals surface area contributed by atoms with Gasteiger partial charge in [-0.1, -0.05) is 137 Å². The van der Waals surface area contributed by atoms with E-state index in [0.717, 1.165) is 190 Å². The molecule has 17 fully saturated rings. The minimum atomic E-state index is -0.343. The van der Waals surface area contributed by atoms with Crippen LogP contribution >= 0.6 is 0 Å². The predicted octanol–water partition coefficient (Wildman–Crippen LogP) is 29.6. The second-order valence-corrected chi connectivity index (χ2v) is 48.2. The van der Waals surface area contributed by atoms with Crippen molar-refractivity contribution in [2.75, 3.05) is 0 Å². The standard InChI is InChI=1S/C20H32O2.C19H30O2.C17H28O2.2C17H30O2.C14H24O2.5CH4/c1-5-19(3,4)18(21)22-20(6-2)11-14-10-15(20)17-13-8-7-12(9-13)16(14)17;1-5-18(2,3)17(20)21-19(4)10-13-9-14(19)16-12-7-6-11(8-12)15(13)16;1-5-16(2,3)15(18)19-17(4)10-11-9-14(17)13-8-6-7-12(11)13;1-5-16(2,3)15(18)19-17(4)12-8-10-13-9-6-7-11-14(13)17;1-5-16(2,3)15(18)19-17(4)11-10-13-8-6-7-9-14(13)12-17;1-5-13(2,3)12(15)16-14(4)9-10-6-7-11(14)8-10;;;;;/h12-17H,5-11H2,1-4H3;11-16H,5-10H2,1-4H3;11-14H,5-10H2,1-4H3;2*13-14H,5-12H2,1-4H3;10-11H,5-9H2,1-4H3;5*1H4. The molecule has 28 atom stereocenters. The van der Waals surface area contributed by atoms with E-state index < -0.39 is 0 Å². The number of fused-ring (bicyclic) bond motifs is 27. The summed E-state index contributed by atoms with van der Waals surface area (Å²) in [5, 5.41) is 0. The molecule has 12 heteroatoms. The van der Waals surface area contributed by atoms with Crippen molar-refractivity contribution in [1.29, 1.82) is 0 Å². The molecular weight excluding hydrogens is 1500 g/mol. The molecule has 12 nitrogen and oxygen atoms in total. The van der Waals surface area contributed by atoms with E-state index in [0.29, 0.717) is 29.6 Å². The van der Waals surface area contributed by atoms with Crippen LogP contribution in [-0.4, -0.2) is 69.4 Å². The summed E-state index contributed by atoms with van der Waals surface area (Å²) >= 11 is 0. The topological polar surface area (TPSA) is 158 Å². The number of carbonyl (C=O) groups excluding carboxylic acids is 6. The third kappa shape index (κ3) is 21.0. The molecule has 0 aromatic heterocycles. The van der Waals surface area contributed by atoms with Gasteiger partial charge in [-0.3, -0.25) is 28.8 Å². The number of ether oxygens (including phenoxy) is 6. The maximum atomic E-state index is 12.7. The van der Waals surface area contributed by atoms with Crippen LogP contribution in [0.1, 0.15) is 460 Å². The summed E-state index contributed by atoms with van der Waals surface area (Å²) in [7, 11) is 0. The molecule has 12 bridgehead atoms. The van der Waals surface area contributed by atoms with Gasteiger partial charge in [0.15, 0.2) is 0 Å². The Bertz CT molecular complexity index is 3430. The number of hydrogen-bond donors (Lipinski definition) is 0. The van der Waals surface area contributed by atoms with Crippen LogP contribution in [0.15, 0.2) is 0 Å². The van der Waals surface area contributed by atoms with E-state index >= 15 is 0 Å². The molecule has 0 aromatic rings. The highest BCUT2D eigenvalue weighted by molar-refractivity contribution is 5.79. The first-order valence-corrected chi connectivity index (χ1v) is 49.7. The Labute approximate surface area is 745 Å². The molecule has 0 aliphatic heterocycles. The van der Waals surface area contributed by atoms with E-state index in [1.165, 1.54) is 167 Å². The van der Waals surface area contributed by atoms with Crippen LogP contribution in [0.3, 0.4) is 0 Å². The van der Waals surface area contributed by atoms with Crippen LogP contribution in [0.4, 0.5) is 0 Å². The lowest BCUT2D eigenvalue weighted by Crippen LogP contribution is -2.49. The van der Waals surface area contributed by atoms with Crippen molar-refractivity contribution < 1.29 is 57.2 Å². The molecule has 121 heavy (non-hydrogen) atoms. The van der Waals surface area contributed by atoms with Gasteiger partial charge in [0.05, 0.1) is 32.5 Å². The molecule has 0 amide bonds. The zero-order chi connectivity index (χ0) is 84.7. The van der Waals surface area contributed by atoms with Gasteiger partial charge in [-0.15, -0.1) is 0 Å². The Morgan fingerprint density at radius 1 is 0.273 bits per heavy atom. The van der Waals surface area contributed by atoms with E-state index in [-0.39, 0.29) is 139 Å². The molecule has 0 heterocycles. The molecule has 0 spiro atoms. The van der Waals surface area contributed by atoms with E-state index in [2.05, 4.69) is 76.2 Å². The number of hydrogen-bond acceptors (Lipinski definition) is 12. The maximum Gasteiger partial charge on any atom is 0.312 e. The average molecular weight is 1700 g/mol. The van der Waals surface area contributed by atoms with Crippen LogP contribution in [0.5, 0.6) is 0 Å². The summed E-state index contributed by atoms with van der Waals surface area (Å²) in [5.41, 5.74) is -3.04. The van der Waals surface area contributed by atoms with Crippen molar-refractivity contribution in [3.63, 3.8) is 0 Å². The monoisotopic (exact) mass is 1700 g/mol. The summed E-state index contributed by atoms with van der Waals surface area (Å²) < 4.78 is 36.4. The van der Waals surface area contributed by atoms with Crippen molar-refractivity contribution in [2.45, 2.75) is 494 Å². The Balaban J connectivity index is 0.000000199. The third-order valence-electron chi connectivity index (χ3n) is 38.7. The van der Waals surface area contributed by atoms with Crippen LogP contribution in [0.25, 0.3) is 0 Å². The SMILES string of the molecule is C.C.C.C.C.CCC(C)(C)C(=O)OC1(C)CC2CC1C1C3CCC(C3)C21.CCC(C)(C)C(=O)OC1(C)CC2CC1C1CCCC21.CCC(C)(C)C(=O)OC1(C)CC2CCC1C2.CCC(C)(C)C(=O)OC1(C)CCC2CCCCC2C1.CCC(C)(C)C(=O)OC1(C)CCCC2CCCCC21.CCC(C)(C)C(=O)OC1(CC)CC2CC1C1C3CCC(C3)C21. The molecule has 0 saturated heterocycles. The van der Waals surface area contributed by atoms with Gasteiger partial charge in [-0.25, -0.2) is 0 Å². The highest BCUT2D eigenvalue weighted by Crippen LogP contribution is 2.73. The van der Waals surface area contributed by atoms with E-state index in [1.54, 1.807) is 0 Å². The molecule has 17 aliphatic rings. The largest absolute Gasteiger partial charge is 0.459 e. The highest BCUT2D eigenvalue weighted by Gasteiger charge is 2.70. The Hall–Kier alpha value is -3.18. The first-order chi connectivity index (χ1) is 54.3. The molecule has 17 saturated carbocycles. The fourth-order valence-electron chi connectivity index (χ4n) is 29.0. The quantitative estimate of drug-likeness (QED) is 0.0686. The van der Waals surface area contributed by atoms with E-state index in [1.807, 2.05) is 90.0 Å². The summed E-state index contributed by atoms with van der Waals surface area (Å²) in [4.78, 5) is 74.5. The normalized spacial score (nSPS) is 40.8. The van der Waals surface area contributed by atoms with Gasteiger partial charge in [0.2, 0.25) is 0 Å². The van der Waals surface area contributed by atoms with Gasteiger partial charge in [-0.05, 0) is 430 Å². The molecule has 0 aromatic carbocycles. The highest BCUT2D eigenvalue weighted by atomic mass is 16.6. The van der Waals surface area contributed by atoms with Crippen LogP contribution < -0.4 is 0 Å². The number of rotatable bonds is 19. The summed E-state index contributed by atoms with van der Waals surface area (Å²) in [6, 6.07) is 0. The fraction of sp³-hybridized carbons (Fsp3) is 0.945. The second-order valence-electron chi connectivity index (χ2n) is 48.2. The minimum absolute atomic E-state index is 0. The molecular formula is C109H194O12. The van der Waals surface area contributed by atoms with E-state index in [4.69, 9.17) is 28.4 Å². The fourth-order valence-corrected chi connectivity index (χ4v) is 29.0. The zero-order valence-electron chi connectivity index (χ0n) is 78.9. The average Bonchev–Trinajstić information content (AvgIpc) is 1.53. The van der Waals surface area contributed by atoms with E-state index in [9.17, 15) is 28.8 Å². The lowest BCUT2D eigenvalue weighted by Gasteiger charge is -2.48. The Morgan fingerprint density at radius 3 is 1.14 bits per heavy atom. The zero-order valence-corrected chi connectivity index (χ0v) is 78.9. The molecule has 702 valence electrons. The van der Waals surface area contributed by atoms with Gasteiger partial charge in [0.25, 0.3) is 0 Å². The van der Waals surface area contributed by atoms with Gasteiger partial charge in [0, 0.05) is 23.7 Å². The van der Waals surface area contributed by atoms with Crippen LogP contribution in [0, 0.1) is 163 Å². The smallest absolute Gasteiger partial charge is 0.312 e. The summed E-state index contributed by atoms with van der Waals surface area (Å²) in [5.74, 6) is 18.6. The van der Waals surface area contributed by atoms with Crippen molar-refractivity contribution in [3.8, 4) is 0 Å². The van der Waals surface area contributed by atoms with Gasteiger partial charge in [0.1, 0.15) is 33.6 Å². The first kappa shape index (κ1) is 105. The first-order valence-electron chi connectivity index (χ1n) is 49.7. The van der Waals surface area contributed by atoms with Crippen LogP contribution in [-0.2, 0) is 57.2 Å². The number of esters is 6. The maximum absolute atomic E-state index is 12.7. The van der Waals surface area contributed by atoms with Gasteiger partial charge < -0.3 is 28.4 Å². The van der Waals surface area contributed by atoms with Gasteiger partial charge >= 0.3 is 35.8 Å². The molecule has 0 N–H and O–H groups in total. The third-order valence-corrected chi connectivity index (χ3v) is 38.7. The molecule has 17 aliphatic carbocycles. The van der Waals surface area contributed by atoms with Crippen molar-refractivity contribution in [3.05, 3.63) is 0 Å². The van der Waals surface area contributed by atoms with Crippen molar-refractivity contribution in [1.82, 2.24) is 0 Å². The molecule has 28 unspecified atom stereocenters. The number of carbonyl (C=O) groups is 6. The molecule has 17 rings (SSSR count). The summed E-state index contributed by atoms with van der Waals surface area (Å²) in [6.07, 6.45) is 49.2. The van der Waals surface area contributed by atoms with Crippen molar-refractivity contribution >= 4 is 35.8 Å². The lowest BCUT2D eigenvalue weighted by molar-refractivity contribution is -0.185. The lowest BCUT2D eigenvalue weighted by atomic mass is 9.63. The minimum Gasteiger partial charge on any atom is -0.459 e. The van der Waals surface area contributed by atoms with Gasteiger partial charge in [-0.2, -0.15) is 0 Å². The predicted molar refractivity (Wildman–Crippen MR) is 499 cm³/mol. The summed E-state index contributed by atoms with van der Waals surface area (Å²) in [6.45, 7) is 49.6. The van der Waals surface area contributed by atoms with Crippen LogP contribution in [0.2, 0.25) is 0 Å². The Morgan fingerprint density at radius 2 is 0.661 bits per heavy atom. The Kier molecular flexibility index (Phi) is 34.4. The molecule has 0 radical (unpaired) electrons.